The van der Waals surface area contributed by atoms with Crippen LogP contribution in [0.2, 0.25) is 5.02 Å². The van der Waals surface area contributed by atoms with E-state index in [1.807, 2.05) is 48.5 Å². The Kier molecular flexibility index (Phi) is 4.92. The van der Waals surface area contributed by atoms with Gasteiger partial charge >= 0.3 is 0 Å². The SMILES string of the molecule is O=C(Nc1cccc(NC(=O)C2(c3ccc(Cl)cc3)CCCC2)c1)C1CC1. The van der Waals surface area contributed by atoms with E-state index < -0.39 is 5.41 Å². The Labute approximate surface area is 164 Å². The second-order valence-electron chi connectivity index (χ2n) is 7.59. The van der Waals surface area contributed by atoms with Crippen molar-refractivity contribution in [3.8, 4) is 0 Å². The Morgan fingerprint density at radius 3 is 2.19 bits per heavy atom. The Balaban J connectivity index is 1.53. The third kappa shape index (κ3) is 3.86. The molecule has 0 aromatic heterocycles. The molecule has 2 aliphatic rings. The molecule has 4 rings (SSSR count). The van der Waals surface area contributed by atoms with E-state index in [0.29, 0.717) is 10.7 Å². The monoisotopic (exact) mass is 382 g/mol. The highest BCUT2D eigenvalue weighted by atomic mass is 35.5. The lowest BCUT2D eigenvalue weighted by Crippen LogP contribution is -2.38. The number of halogens is 1. The number of benzene rings is 2. The van der Waals surface area contributed by atoms with Gasteiger partial charge in [0.15, 0.2) is 0 Å². The van der Waals surface area contributed by atoms with Crippen LogP contribution in [0.4, 0.5) is 11.4 Å². The lowest BCUT2D eigenvalue weighted by atomic mass is 9.78. The zero-order valence-electron chi connectivity index (χ0n) is 15.1. The molecule has 2 saturated carbocycles. The highest BCUT2D eigenvalue weighted by molar-refractivity contribution is 6.30. The molecule has 2 N–H and O–H groups in total. The normalized spacial score (nSPS) is 18.1. The Bertz CT molecular complexity index is 853. The van der Waals surface area contributed by atoms with Gasteiger partial charge < -0.3 is 10.6 Å². The Hall–Kier alpha value is -2.33. The minimum Gasteiger partial charge on any atom is -0.326 e. The van der Waals surface area contributed by atoms with Gasteiger partial charge in [0.1, 0.15) is 0 Å². The minimum atomic E-state index is -0.516. The number of nitrogens with one attached hydrogen (secondary N) is 2. The van der Waals surface area contributed by atoms with Crippen LogP contribution in [-0.4, -0.2) is 11.8 Å². The van der Waals surface area contributed by atoms with Gasteiger partial charge in [-0.2, -0.15) is 0 Å². The van der Waals surface area contributed by atoms with Crippen LogP contribution >= 0.6 is 11.6 Å². The van der Waals surface area contributed by atoms with E-state index >= 15 is 0 Å². The fourth-order valence-electron chi connectivity index (χ4n) is 3.91. The van der Waals surface area contributed by atoms with Gasteiger partial charge in [0, 0.05) is 22.3 Å². The van der Waals surface area contributed by atoms with Crippen molar-refractivity contribution in [3.05, 3.63) is 59.1 Å². The smallest absolute Gasteiger partial charge is 0.235 e. The van der Waals surface area contributed by atoms with Crippen LogP contribution in [0.5, 0.6) is 0 Å². The average Bonchev–Trinajstić information content (AvgIpc) is 3.40. The van der Waals surface area contributed by atoms with E-state index in [0.717, 1.165) is 49.8 Å². The molecule has 2 fully saturated rings. The highest BCUT2D eigenvalue weighted by Gasteiger charge is 2.42. The summed E-state index contributed by atoms with van der Waals surface area (Å²) >= 11 is 6.02. The van der Waals surface area contributed by atoms with Gasteiger partial charge in [-0.15, -0.1) is 0 Å². The van der Waals surface area contributed by atoms with E-state index in [1.54, 1.807) is 0 Å². The van der Waals surface area contributed by atoms with E-state index in [-0.39, 0.29) is 17.7 Å². The second kappa shape index (κ2) is 7.35. The number of carbonyl (C=O) groups excluding carboxylic acids is 2. The molecule has 0 atom stereocenters. The number of hydrogen-bond acceptors (Lipinski definition) is 2. The van der Waals surface area contributed by atoms with E-state index in [4.69, 9.17) is 11.6 Å². The number of amides is 2. The molecule has 0 unspecified atom stereocenters. The summed E-state index contributed by atoms with van der Waals surface area (Å²) in [5.41, 5.74) is 1.92. The molecule has 0 aliphatic heterocycles. The molecule has 2 aromatic carbocycles. The zero-order chi connectivity index (χ0) is 18.9. The third-order valence-corrected chi connectivity index (χ3v) is 5.88. The Morgan fingerprint density at radius 1 is 0.926 bits per heavy atom. The molecule has 0 saturated heterocycles. The summed E-state index contributed by atoms with van der Waals surface area (Å²) in [6.07, 6.45) is 5.66. The van der Waals surface area contributed by atoms with Crippen LogP contribution < -0.4 is 10.6 Å². The van der Waals surface area contributed by atoms with Crippen LogP contribution in [0.1, 0.15) is 44.1 Å². The molecule has 2 aromatic rings. The van der Waals surface area contributed by atoms with E-state index in [2.05, 4.69) is 10.6 Å². The molecule has 0 radical (unpaired) electrons. The van der Waals surface area contributed by atoms with Crippen LogP contribution in [0.15, 0.2) is 48.5 Å². The predicted molar refractivity (Wildman–Crippen MR) is 108 cm³/mol. The molecule has 5 heteroatoms. The number of anilines is 2. The van der Waals surface area contributed by atoms with Crippen molar-refractivity contribution in [1.29, 1.82) is 0 Å². The quantitative estimate of drug-likeness (QED) is 0.752. The first kappa shape index (κ1) is 18.1. The fraction of sp³-hybridized carbons (Fsp3) is 0.364. The van der Waals surface area contributed by atoms with Crippen molar-refractivity contribution in [2.75, 3.05) is 10.6 Å². The molecular formula is C22H23ClN2O2. The van der Waals surface area contributed by atoms with Gasteiger partial charge in [-0.3, -0.25) is 9.59 Å². The van der Waals surface area contributed by atoms with Crippen molar-refractivity contribution >= 4 is 34.8 Å². The second-order valence-corrected chi connectivity index (χ2v) is 8.03. The fourth-order valence-corrected chi connectivity index (χ4v) is 4.04. The van der Waals surface area contributed by atoms with Gasteiger partial charge in [0.05, 0.1) is 5.41 Å². The van der Waals surface area contributed by atoms with E-state index in [1.165, 1.54) is 0 Å². The lowest BCUT2D eigenvalue weighted by Gasteiger charge is -2.28. The first-order chi connectivity index (χ1) is 13.1. The van der Waals surface area contributed by atoms with Crippen LogP contribution in [0, 0.1) is 5.92 Å². The van der Waals surface area contributed by atoms with Gasteiger partial charge in [-0.25, -0.2) is 0 Å². The first-order valence-corrected chi connectivity index (χ1v) is 9.93. The maximum absolute atomic E-state index is 13.2. The Morgan fingerprint density at radius 2 is 1.56 bits per heavy atom. The highest BCUT2D eigenvalue weighted by Crippen LogP contribution is 2.42. The summed E-state index contributed by atoms with van der Waals surface area (Å²) in [5.74, 6) is 0.217. The maximum Gasteiger partial charge on any atom is 0.235 e. The molecule has 140 valence electrons. The molecule has 2 amide bonds. The van der Waals surface area contributed by atoms with Crippen molar-refractivity contribution in [2.45, 2.75) is 43.9 Å². The summed E-state index contributed by atoms with van der Waals surface area (Å²) < 4.78 is 0. The molecule has 0 spiro atoms. The van der Waals surface area contributed by atoms with Crippen LogP contribution in [0.3, 0.4) is 0 Å². The summed E-state index contributed by atoms with van der Waals surface area (Å²) in [7, 11) is 0. The van der Waals surface area contributed by atoms with Gasteiger partial charge in [-0.05, 0) is 61.6 Å². The topological polar surface area (TPSA) is 58.2 Å². The van der Waals surface area contributed by atoms with Gasteiger partial charge in [-0.1, -0.05) is 42.6 Å². The summed E-state index contributed by atoms with van der Waals surface area (Å²) in [6.45, 7) is 0. The van der Waals surface area contributed by atoms with Crippen molar-refractivity contribution in [3.63, 3.8) is 0 Å². The van der Waals surface area contributed by atoms with E-state index in [9.17, 15) is 9.59 Å². The van der Waals surface area contributed by atoms with Crippen molar-refractivity contribution in [2.24, 2.45) is 5.92 Å². The standard InChI is InChI=1S/C22H23ClN2O2/c23-17-10-8-16(9-11-17)22(12-1-2-13-22)21(27)25-19-5-3-4-18(14-19)24-20(26)15-6-7-15/h3-5,8-11,14-15H,1-2,6-7,12-13H2,(H,24,26)(H,25,27). The maximum atomic E-state index is 13.2. The van der Waals surface area contributed by atoms with Gasteiger partial charge in [0.2, 0.25) is 11.8 Å². The van der Waals surface area contributed by atoms with Crippen LogP contribution in [-0.2, 0) is 15.0 Å². The molecule has 0 heterocycles. The molecular weight excluding hydrogens is 360 g/mol. The number of rotatable bonds is 5. The van der Waals surface area contributed by atoms with Crippen molar-refractivity contribution in [1.82, 2.24) is 0 Å². The summed E-state index contributed by atoms with van der Waals surface area (Å²) in [5, 5.41) is 6.68. The zero-order valence-corrected chi connectivity index (χ0v) is 15.9. The molecule has 4 nitrogen and oxygen atoms in total. The minimum absolute atomic E-state index is 0.00740. The summed E-state index contributed by atoms with van der Waals surface area (Å²) in [6, 6.07) is 15.0. The van der Waals surface area contributed by atoms with Crippen molar-refractivity contribution < 1.29 is 9.59 Å². The third-order valence-electron chi connectivity index (χ3n) is 5.62. The molecule has 2 aliphatic carbocycles. The van der Waals surface area contributed by atoms with Gasteiger partial charge in [0.25, 0.3) is 0 Å². The molecule has 27 heavy (non-hydrogen) atoms. The molecule has 0 bridgehead atoms. The number of carbonyl (C=O) groups is 2. The largest absolute Gasteiger partial charge is 0.326 e. The predicted octanol–water partition coefficient (Wildman–Crippen LogP) is 5.14. The number of hydrogen-bond donors (Lipinski definition) is 2. The average molecular weight is 383 g/mol. The summed E-state index contributed by atoms with van der Waals surface area (Å²) in [4.78, 5) is 25.2. The first-order valence-electron chi connectivity index (χ1n) is 9.55. The van der Waals surface area contributed by atoms with Crippen LogP contribution in [0.25, 0.3) is 0 Å². The lowest BCUT2D eigenvalue weighted by molar-refractivity contribution is -0.121.